The van der Waals surface area contributed by atoms with E-state index in [1.807, 2.05) is 25.2 Å². The first-order valence-corrected chi connectivity index (χ1v) is 6.77. The maximum Gasteiger partial charge on any atom is 0.203 e. The minimum atomic E-state index is 0.607. The Kier molecular flexibility index (Phi) is 5.06. The van der Waals surface area contributed by atoms with Crippen molar-refractivity contribution in [3.63, 3.8) is 0 Å². The Labute approximate surface area is 125 Å². The lowest BCUT2D eigenvalue weighted by molar-refractivity contribution is 0.324. The summed E-state index contributed by atoms with van der Waals surface area (Å²) in [5, 5.41) is 3.16. The Morgan fingerprint density at radius 3 is 2.05 bits per heavy atom. The van der Waals surface area contributed by atoms with E-state index < -0.39 is 0 Å². The molecule has 4 heteroatoms. The molecule has 0 atom stereocenters. The molecular formula is C17H21NO3. The van der Waals surface area contributed by atoms with Gasteiger partial charge in [-0.25, -0.2) is 0 Å². The van der Waals surface area contributed by atoms with Gasteiger partial charge in [0, 0.05) is 6.54 Å². The monoisotopic (exact) mass is 287 g/mol. The minimum Gasteiger partial charge on any atom is -0.493 e. The van der Waals surface area contributed by atoms with Gasteiger partial charge in [-0.1, -0.05) is 18.2 Å². The summed E-state index contributed by atoms with van der Waals surface area (Å²) in [5.74, 6) is 1.92. The van der Waals surface area contributed by atoms with Gasteiger partial charge in [-0.05, 0) is 41.9 Å². The van der Waals surface area contributed by atoms with E-state index in [0.29, 0.717) is 17.2 Å². The second-order valence-corrected chi connectivity index (χ2v) is 4.64. The average Bonchev–Trinajstić information content (AvgIpc) is 2.54. The van der Waals surface area contributed by atoms with Crippen molar-refractivity contribution in [2.75, 3.05) is 28.4 Å². The van der Waals surface area contributed by atoms with Crippen LogP contribution in [-0.4, -0.2) is 28.4 Å². The molecule has 1 N–H and O–H groups in total. The topological polar surface area (TPSA) is 39.7 Å². The van der Waals surface area contributed by atoms with Gasteiger partial charge in [0.15, 0.2) is 11.5 Å². The molecule has 112 valence electrons. The summed E-state index contributed by atoms with van der Waals surface area (Å²) in [6.07, 6.45) is 0. The fourth-order valence-electron chi connectivity index (χ4n) is 2.31. The van der Waals surface area contributed by atoms with E-state index in [-0.39, 0.29) is 0 Å². The first-order valence-electron chi connectivity index (χ1n) is 6.77. The SMILES string of the molecule is CNCc1cccc(-c2cc(OC)c(OC)c(OC)c2)c1. The van der Waals surface area contributed by atoms with E-state index in [0.717, 1.165) is 17.7 Å². The summed E-state index contributed by atoms with van der Waals surface area (Å²) < 4.78 is 16.2. The van der Waals surface area contributed by atoms with Crippen molar-refractivity contribution in [3.8, 4) is 28.4 Å². The molecule has 0 heterocycles. The highest BCUT2D eigenvalue weighted by atomic mass is 16.5. The van der Waals surface area contributed by atoms with E-state index in [9.17, 15) is 0 Å². The Morgan fingerprint density at radius 1 is 0.857 bits per heavy atom. The van der Waals surface area contributed by atoms with Crippen LogP contribution >= 0.6 is 0 Å². The van der Waals surface area contributed by atoms with Crippen LogP contribution in [0.1, 0.15) is 5.56 Å². The van der Waals surface area contributed by atoms with Gasteiger partial charge in [-0.3, -0.25) is 0 Å². The molecule has 0 aliphatic carbocycles. The number of hydrogen-bond acceptors (Lipinski definition) is 4. The lowest BCUT2D eigenvalue weighted by atomic mass is 10.0. The number of ether oxygens (including phenoxy) is 3. The fourth-order valence-corrected chi connectivity index (χ4v) is 2.31. The van der Waals surface area contributed by atoms with E-state index in [4.69, 9.17) is 14.2 Å². The molecule has 0 radical (unpaired) electrons. The normalized spacial score (nSPS) is 10.3. The Hall–Kier alpha value is -2.20. The van der Waals surface area contributed by atoms with Gasteiger partial charge < -0.3 is 19.5 Å². The van der Waals surface area contributed by atoms with Crippen molar-refractivity contribution in [1.82, 2.24) is 5.32 Å². The minimum absolute atomic E-state index is 0.607. The highest BCUT2D eigenvalue weighted by molar-refractivity contribution is 5.71. The van der Waals surface area contributed by atoms with Crippen molar-refractivity contribution >= 4 is 0 Å². The van der Waals surface area contributed by atoms with Crippen molar-refractivity contribution < 1.29 is 14.2 Å². The van der Waals surface area contributed by atoms with Gasteiger partial charge >= 0.3 is 0 Å². The molecular weight excluding hydrogens is 266 g/mol. The molecule has 0 fully saturated rings. The van der Waals surface area contributed by atoms with Gasteiger partial charge in [0.05, 0.1) is 21.3 Å². The van der Waals surface area contributed by atoms with Crippen LogP contribution in [0.15, 0.2) is 36.4 Å². The van der Waals surface area contributed by atoms with Crippen molar-refractivity contribution in [1.29, 1.82) is 0 Å². The number of methoxy groups -OCH3 is 3. The zero-order chi connectivity index (χ0) is 15.2. The van der Waals surface area contributed by atoms with Crippen LogP contribution in [-0.2, 0) is 6.54 Å². The summed E-state index contributed by atoms with van der Waals surface area (Å²) in [7, 11) is 6.79. The van der Waals surface area contributed by atoms with Crippen molar-refractivity contribution in [3.05, 3.63) is 42.0 Å². The Bertz CT molecular complexity index is 586. The van der Waals surface area contributed by atoms with E-state index in [2.05, 4.69) is 23.5 Å². The quantitative estimate of drug-likeness (QED) is 0.886. The van der Waals surface area contributed by atoms with Gasteiger partial charge in [0.1, 0.15) is 0 Å². The molecule has 0 unspecified atom stereocenters. The second kappa shape index (κ2) is 6.99. The number of nitrogens with one attached hydrogen (secondary N) is 1. The maximum absolute atomic E-state index is 5.40. The van der Waals surface area contributed by atoms with Crippen LogP contribution in [0, 0.1) is 0 Å². The first kappa shape index (κ1) is 15.2. The Morgan fingerprint density at radius 2 is 1.52 bits per heavy atom. The number of hydrogen-bond donors (Lipinski definition) is 1. The predicted molar refractivity (Wildman–Crippen MR) is 84.3 cm³/mol. The second-order valence-electron chi connectivity index (χ2n) is 4.64. The zero-order valence-electron chi connectivity index (χ0n) is 12.9. The van der Waals surface area contributed by atoms with Crippen LogP contribution < -0.4 is 19.5 Å². The summed E-state index contributed by atoms with van der Waals surface area (Å²) in [6, 6.07) is 12.3. The third kappa shape index (κ3) is 3.28. The summed E-state index contributed by atoms with van der Waals surface area (Å²) in [5.41, 5.74) is 3.37. The van der Waals surface area contributed by atoms with Crippen molar-refractivity contribution in [2.45, 2.75) is 6.54 Å². The van der Waals surface area contributed by atoms with E-state index >= 15 is 0 Å². The van der Waals surface area contributed by atoms with Crippen molar-refractivity contribution in [2.24, 2.45) is 0 Å². The Balaban J connectivity index is 2.50. The lowest BCUT2D eigenvalue weighted by Crippen LogP contribution is -2.04. The predicted octanol–water partition coefficient (Wildman–Crippen LogP) is 3.10. The maximum atomic E-state index is 5.40. The lowest BCUT2D eigenvalue weighted by Gasteiger charge is -2.14. The summed E-state index contributed by atoms with van der Waals surface area (Å²) >= 11 is 0. The summed E-state index contributed by atoms with van der Waals surface area (Å²) in [6.45, 7) is 0.832. The zero-order valence-corrected chi connectivity index (χ0v) is 12.9. The molecule has 0 aliphatic rings. The largest absolute Gasteiger partial charge is 0.493 e. The molecule has 2 aromatic rings. The smallest absolute Gasteiger partial charge is 0.203 e. The number of rotatable bonds is 6. The molecule has 21 heavy (non-hydrogen) atoms. The van der Waals surface area contributed by atoms with Crippen LogP contribution in [0.3, 0.4) is 0 Å². The van der Waals surface area contributed by atoms with Crippen LogP contribution in [0.5, 0.6) is 17.2 Å². The van der Waals surface area contributed by atoms with Gasteiger partial charge in [-0.15, -0.1) is 0 Å². The molecule has 0 amide bonds. The first-order chi connectivity index (χ1) is 10.2. The molecule has 0 saturated heterocycles. The molecule has 2 aromatic carbocycles. The van der Waals surface area contributed by atoms with Crippen LogP contribution in [0.2, 0.25) is 0 Å². The van der Waals surface area contributed by atoms with Crippen LogP contribution in [0.4, 0.5) is 0 Å². The fraction of sp³-hybridized carbons (Fsp3) is 0.294. The molecule has 0 saturated carbocycles. The molecule has 0 bridgehead atoms. The van der Waals surface area contributed by atoms with Gasteiger partial charge in [0.2, 0.25) is 5.75 Å². The molecule has 0 spiro atoms. The third-order valence-corrected chi connectivity index (χ3v) is 3.31. The van der Waals surface area contributed by atoms with E-state index in [1.165, 1.54) is 5.56 Å². The van der Waals surface area contributed by atoms with E-state index in [1.54, 1.807) is 21.3 Å². The highest BCUT2D eigenvalue weighted by Crippen LogP contribution is 2.41. The molecule has 2 rings (SSSR count). The third-order valence-electron chi connectivity index (χ3n) is 3.31. The summed E-state index contributed by atoms with van der Waals surface area (Å²) in [4.78, 5) is 0. The van der Waals surface area contributed by atoms with Gasteiger partial charge in [-0.2, -0.15) is 0 Å². The molecule has 0 aromatic heterocycles. The highest BCUT2D eigenvalue weighted by Gasteiger charge is 2.14. The average molecular weight is 287 g/mol. The standard InChI is InChI=1S/C17H21NO3/c1-18-11-12-6-5-7-13(8-12)14-9-15(19-2)17(21-4)16(10-14)20-3/h5-10,18H,11H2,1-4H3. The molecule has 4 nitrogen and oxygen atoms in total. The van der Waals surface area contributed by atoms with Crippen LogP contribution in [0.25, 0.3) is 11.1 Å². The number of benzene rings is 2. The molecule has 0 aliphatic heterocycles. The van der Waals surface area contributed by atoms with Gasteiger partial charge in [0.25, 0.3) is 0 Å².